The molecule has 1 fully saturated rings. The van der Waals surface area contributed by atoms with Crippen molar-refractivity contribution in [2.45, 2.75) is 12.1 Å². The van der Waals surface area contributed by atoms with Crippen LogP contribution in [0.4, 0.5) is 13.2 Å². The standard InChI is InChI=1S/C20H13F3N4O4/c21-20(22,23)13-4-1-3-11(7-13)17-24-18(31-26-17)12-9-27(10-12)19(28)14-8-16(30-25-14)15-5-2-6-29-15/h1-8,12H,9-10H2. The Morgan fingerprint density at radius 1 is 1.03 bits per heavy atom. The molecule has 1 aromatic carbocycles. The lowest BCUT2D eigenvalue weighted by atomic mass is 9.99. The molecule has 31 heavy (non-hydrogen) atoms. The average Bonchev–Trinajstić information content (AvgIpc) is 3.46. The lowest BCUT2D eigenvalue weighted by molar-refractivity contribution is -0.137. The van der Waals surface area contributed by atoms with Crippen molar-refractivity contribution in [2.24, 2.45) is 0 Å². The van der Waals surface area contributed by atoms with Gasteiger partial charge in [0.15, 0.2) is 11.5 Å². The molecular formula is C20H13F3N4O4. The number of hydrogen-bond donors (Lipinski definition) is 0. The van der Waals surface area contributed by atoms with Crippen LogP contribution in [0.2, 0.25) is 0 Å². The van der Waals surface area contributed by atoms with Crippen LogP contribution in [0.5, 0.6) is 0 Å². The number of aromatic nitrogens is 3. The number of furan rings is 1. The fraction of sp³-hybridized carbons (Fsp3) is 0.200. The third-order valence-corrected chi connectivity index (χ3v) is 4.90. The summed E-state index contributed by atoms with van der Waals surface area (Å²) in [6, 6.07) is 9.57. The highest BCUT2D eigenvalue weighted by atomic mass is 19.4. The van der Waals surface area contributed by atoms with Gasteiger partial charge in [-0.3, -0.25) is 4.79 Å². The number of hydrogen-bond acceptors (Lipinski definition) is 7. The summed E-state index contributed by atoms with van der Waals surface area (Å²) in [6.07, 6.45) is -2.98. The number of likely N-dealkylation sites (tertiary alicyclic amines) is 1. The molecule has 0 unspecified atom stereocenters. The van der Waals surface area contributed by atoms with Crippen LogP contribution in [0.3, 0.4) is 0 Å². The molecule has 4 heterocycles. The van der Waals surface area contributed by atoms with Crippen molar-refractivity contribution in [3.8, 4) is 22.9 Å². The molecule has 0 bridgehead atoms. The Morgan fingerprint density at radius 2 is 1.87 bits per heavy atom. The third kappa shape index (κ3) is 3.58. The van der Waals surface area contributed by atoms with E-state index in [1.54, 1.807) is 12.1 Å². The second-order valence-electron chi connectivity index (χ2n) is 7.00. The maximum atomic E-state index is 12.9. The van der Waals surface area contributed by atoms with Crippen molar-refractivity contribution in [1.82, 2.24) is 20.2 Å². The van der Waals surface area contributed by atoms with Crippen molar-refractivity contribution in [2.75, 3.05) is 13.1 Å². The van der Waals surface area contributed by atoms with Crippen LogP contribution in [0.15, 0.2) is 62.2 Å². The molecule has 1 saturated heterocycles. The minimum atomic E-state index is -4.46. The Bertz CT molecular complexity index is 1220. The fourth-order valence-electron chi connectivity index (χ4n) is 3.23. The van der Waals surface area contributed by atoms with E-state index in [0.29, 0.717) is 24.6 Å². The van der Waals surface area contributed by atoms with Crippen molar-refractivity contribution in [3.05, 3.63) is 65.9 Å². The predicted octanol–water partition coefficient (Wildman–Crippen LogP) is 4.24. The summed E-state index contributed by atoms with van der Waals surface area (Å²) >= 11 is 0. The van der Waals surface area contributed by atoms with Gasteiger partial charge in [-0.05, 0) is 24.3 Å². The van der Waals surface area contributed by atoms with Crippen LogP contribution in [0.1, 0.15) is 27.9 Å². The van der Waals surface area contributed by atoms with E-state index in [-0.39, 0.29) is 34.8 Å². The number of halogens is 3. The maximum absolute atomic E-state index is 12.9. The molecule has 1 aliphatic rings. The summed E-state index contributed by atoms with van der Waals surface area (Å²) in [5, 5.41) is 7.55. The summed E-state index contributed by atoms with van der Waals surface area (Å²) in [5.74, 6) is 0.579. The molecule has 0 N–H and O–H groups in total. The summed E-state index contributed by atoms with van der Waals surface area (Å²) in [6.45, 7) is 0.623. The number of amides is 1. The van der Waals surface area contributed by atoms with Crippen LogP contribution < -0.4 is 0 Å². The highest BCUT2D eigenvalue weighted by Crippen LogP contribution is 2.33. The van der Waals surface area contributed by atoms with Gasteiger partial charge in [-0.15, -0.1) is 0 Å². The van der Waals surface area contributed by atoms with Gasteiger partial charge in [-0.1, -0.05) is 22.4 Å². The number of alkyl halides is 3. The first-order chi connectivity index (χ1) is 14.9. The van der Waals surface area contributed by atoms with Gasteiger partial charge in [0.2, 0.25) is 17.5 Å². The number of carbonyl (C=O) groups is 1. The molecule has 5 rings (SSSR count). The first-order valence-corrected chi connectivity index (χ1v) is 9.19. The van der Waals surface area contributed by atoms with Crippen LogP contribution in [-0.2, 0) is 6.18 Å². The predicted molar refractivity (Wildman–Crippen MR) is 97.6 cm³/mol. The Morgan fingerprint density at radius 3 is 2.61 bits per heavy atom. The smallest absolute Gasteiger partial charge is 0.416 e. The van der Waals surface area contributed by atoms with E-state index in [9.17, 15) is 18.0 Å². The van der Waals surface area contributed by atoms with E-state index >= 15 is 0 Å². The van der Waals surface area contributed by atoms with Crippen molar-refractivity contribution < 1.29 is 31.4 Å². The summed E-state index contributed by atoms with van der Waals surface area (Å²) in [5.41, 5.74) is -0.455. The molecule has 8 nitrogen and oxygen atoms in total. The van der Waals surface area contributed by atoms with Gasteiger partial charge in [-0.2, -0.15) is 18.2 Å². The third-order valence-electron chi connectivity index (χ3n) is 4.90. The zero-order valence-corrected chi connectivity index (χ0v) is 15.7. The largest absolute Gasteiger partial charge is 0.461 e. The monoisotopic (exact) mass is 430 g/mol. The SMILES string of the molecule is O=C(c1cc(-c2ccco2)on1)N1CC(c2nc(-c3cccc(C(F)(F)F)c3)no2)C1. The van der Waals surface area contributed by atoms with E-state index in [2.05, 4.69) is 15.3 Å². The van der Waals surface area contributed by atoms with Gasteiger partial charge >= 0.3 is 6.18 Å². The zero-order chi connectivity index (χ0) is 21.6. The van der Waals surface area contributed by atoms with E-state index < -0.39 is 11.7 Å². The molecule has 0 radical (unpaired) electrons. The van der Waals surface area contributed by atoms with E-state index in [1.165, 1.54) is 29.4 Å². The molecule has 1 aliphatic heterocycles. The van der Waals surface area contributed by atoms with Crippen molar-refractivity contribution in [1.29, 1.82) is 0 Å². The minimum Gasteiger partial charge on any atom is -0.461 e. The van der Waals surface area contributed by atoms with Gasteiger partial charge in [0.05, 0.1) is 17.7 Å². The lowest BCUT2D eigenvalue weighted by Gasteiger charge is -2.36. The highest BCUT2D eigenvalue weighted by Gasteiger charge is 2.37. The Kier molecular flexibility index (Phi) is 4.38. The molecular weight excluding hydrogens is 417 g/mol. The van der Waals surface area contributed by atoms with Gasteiger partial charge in [0, 0.05) is 24.7 Å². The van der Waals surface area contributed by atoms with E-state index in [0.717, 1.165) is 12.1 Å². The van der Waals surface area contributed by atoms with Crippen LogP contribution >= 0.6 is 0 Å². The molecule has 4 aromatic rings. The number of rotatable bonds is 4. The zero-order valence-electron chi connectivity index (χ0n) is 15.7. The van der Waals surface area contributed by atoms with Crippen molar-refractivity contribution in [3.63, 3.8) is 0 Å². The topological polar surface area (TPSA) is 98.4 Å². The van der Waals surface area contributed by atoms with Gasteiger partial charge in [-0.25, -0.2) is 0 Å². The van der Waals surface area contributed by atoms with E-state index in [4.69, 9.17) is 13.5 Å². The highest BCUT2D eigenvalue weighted by molar-refractivity contribution is 5.93. The van der Waals surface area contributed by atoms with Gasteiger partial charge in [0.25, 0.3) is 5.91 Å². The van der Waals surface area contributed by atoms with Crippen molar-refractivity contribution >= 4 is 5.91 Å². The Labute approximate surface area is 172 Å². The molecule has 0 atom stereocenters. The number of carbonyl (C=O) groups excluding carboxylic acids is 1. The summed E-state index contributed by atoms with van der Waals surface area (Å²) in [4.78, 5) is 18.3. The minimum absolute atomic E-state index is 0.0606. The summed E-state index contributed by atoms with van der Waals surface area (Å²) < 4.78 is 54.3. The van der Waals surface area contributed by atoms with Gasteiger partial charge in [0.1, 0.15) is 0 Å². The molecule has 158 valence electrons. The maximum Gasteiger partial charge on any atom is 0.416 e. The molecule has 0 aliphatic carbocycles. The molecule has 11 heteroatoms. The second kappa shape index (κ2) is 7.11. The molecule has 0 spiro atoms. The second-order valence-corrected chi connectivity index (χ2v) is 7.00. The Balaban J connectivity index is 1.25. The lowest BCUT2D eigenvalue weighted by Crippen LogP contribution is -2.48. The molecule has 1 amide bonds. The quantitative estimate of drug-likeness (QED) is 0.477. The van der Waals surface area contributed by atoms with Crippen LogP contribution in [-0.4, -0.2) is 39.2 Å². The first-order valence-electron chi connectivity index (χ1n) is 9.19. The Hall–Kier alpha value is -3.89. The normalized spacial score (nSPS) is 14.6. The van der Waals surface area contributed by atoms with Crippen LogP contribution in [0, 0.1) is 0 Å². The van der Waals surface area contributed by atoms with Crippen LogP contribution in [0.25, 0.3) is 22.9 Å². The molecule has 3 aromatic heterocycles. The van der Waals surface area contributed by atoms with Gasteiger partial charge < -0.3 is 18.4 Å². The van der Waals surface area contributed by atoms with E-state index in [1.807, 2.05) is 0 Å². The average molecular weight is 430 g/mol. The summed E-state index contributed by atoms with van der Waals surface area (Å²) in [7, 11) is 0. The molecule has 0 saturated carbocycles. The first kappa shape index (κ1) is 19.1. The fourth-order valence-corrected chi connectivity index (χ4v) is 3.23. The number of benzene rings is 1. The number of nitrogens with zero attached hydrogens (tertiary/aromatic N) is 4.